The number of piperidine rings is 1. The van der Waals surface area contributed by atoms with Crippen molar-refractivity contribution in [1.29, 1.82) is 0 Å². The molecule has 2 aromatic carbocycles. The van der Waals surface area contributed by atoms with Crippen molar-refractivity contribution in [2.24, 2.45) is 5.92 Å². The van der Waals surface area contributed by atoms with Crippen LogP contribution in [0.2, 0.25) is 0 Å². The number of nitrogens with one attached hydrogen (secondary N) is 2. The smallest absolute Gasteiger partial charge is 0.246 e. The third-order valence-electron chi connectivity index (χ3n) is 7.66. The molecule has 2 saturated heterocycles. The number of carbonyl (C=O) groups excluding carboxylic acids is 2. The summed E-state index contributed by atoms with van der Waals surface area (Å²) in [7, 11) is -3.32. The third kappa shape index (κ3) is 7.34. The van der Waals surface area contributed by atoms with Crippen molar-refractivity contribution < 1.29 is 22.7 Å². The highest BCUT2D eigenvalue weighted by Crippen LogP contribution is 2.35. The van der Waals surface area contributed by atoms with Crippen LogP contribution < -0.4 is 14.8 Å². The van der Waals surface area contributed by atoms with Crippen molar-refractivity contribution in [2.45, 2.75) is 71.0 Å². The number of benzene rings is 2. The number of amides is 2. The van der Waals surface area contributed by atoms with E-state index in [2.05, 4.69) is 35.7 Å². The fraction of sp³-hybridized carbons (Fsp3) is 0.533. The molecule has 1 atom stereocenters. The van der Waals surface area contributed by atoms with Gasteiger partial charge in [0.2, 0.25) is 21.8 Å². The number of anilines is 1. The zero-order chi connectivity index (χ0) is 28.9. The number of unbranched alkanes of at least 4 members (excludes halogenated alkanes) is 1. The Morgan fingerprint density at radius 1 is 1.02 bits per heavy atom. The number of carbonyl (C=O) groups is 2. The number of ether oxygens (including phenoxy) is 1. The summed E-state index contributed by atoms with van der Waals surface area (Å²) in [6, 6.07) is 14.2. The second-order valence-electron chi connectivity index (χ2n) is 11.5. The summed E-state index contributed by atoms with van der Waals surface area (Å²) in [5, 5.41) is 3.08. The van der Waals surface area contributed by atoms with E-state index in [-0.39, 0.29) is 11.8 Å². The molecule has 0 unspecified atom stereocenters. The highest BCUT2D eigenvalue weighted by atomic mass is 32.2. The lowest BCUT2D eigenvalue weighted by atomic mass is 9.80. The van der Waals surface area contributed by atoms with E-state index >= 15 is 0 Å². The molecule has 9 nitrogen and oxygen atoms in total. The second-order valence-corrected chi connectivity index (χ2v) is 13.2. The fourth-order valence-electron chi connectivity index (χ4n) is 5.59. The predicted molar refractivity (Wildman–Crippen MR) is 157 cm³/mol. The number of sulfonamides is 1. The van der Waals surface area contributed by atoms with Crippen LogP contribution in [0.5, 0.6) is 11.5 Å². The van der Waals surface area contributed by atoms with Gasteiger partial charge in [-0.05, 0) is 73.6 Å². The SMILES string of the molecule is CCCCN1C(=O)[C@H](CC(C)C)NC(=O)C12CCN(Cc1ccc(Oc3ccc(NS(C)(=O)=O)cc3)cc1)CC2. The average molecular weight is 571 g/mol. The van der Waals surface area contributed by atoms with E-state index in [0.29, 0.717) is 48.9 Å². The summed E-state index contributed by atoms with van der Waals surface area (Å²) in [5.41, 5.74) is 0.868. The van der Waals surface area contributed by atoms with Crippen LogP contribution in [0.25, 0.3) is 0 Å². The van der Waals surface area contributed by atoms with Crippen LogP contribution in [-0.2, 0) is 26.2 Å². The first kappa shape index (κ1) is 29.9. The molecule has 0 aliphatic carbocycles. The van der Waals surface area contributed by atoms with Crippen LogP contribution >= 0.6 is 0 Å². The zero-order valence-electron chi connectivity index (χ0n) is 24.0. The molecular weight excluding hydrogens is 528 g/mol. The van der Waals surface area contributed by atoms with Crippen LogP contribution in [0.1, 0.15) is 58.4 Å². The second kappa shape index (κ2) is 12.6. The summed E-state index contributed by atoms with van der Waals surface area (Å²) in [6.07, 6.45) is 4.92. The van der Waals surface area contributed by atoms with Gasteiger partial charge in [0, 0.05) is 31.9 Å². The minimum atomic E-state index is -3.32. The highest BCUT2D eigenvalue weighted by Gasteiger charge is 2.53. The molecule has 0 aromatic heterocycles. The van der Waals surface area contributed by atoms with Crippen molar-refractivity contribution >= 4 is 27.5 Å². The summed E-state index contributed by atoms with van der Waals surface area (Å²) in [4.78, 5) is 31.1. The molecule has 0 radical (unpaired) electrons. The first-order valence-corrected chi connectivity index (χ1v) is 16.1. The van der Waals surface area contributed by atoms with Crippen LogP contribution in [0, 0.1) is 5.92 Å². The predicted octanol–water partition coefficient (Wildman–Crippen LogP) is 4.36. The molecule has 2 amide bonds. The van der Waals surface area contributed by atoms with Gasteiger partial charge in [-0.2, -0.15) is 0 Å². The lowest BCUT2D eigenvalue weighted by Crippen LogP contribution is -2.73. The van der Waals surface area contributed by atoms with Crippen LogP contribution in [0.15, 0.2) is 48.5 Å². The molecular formula is C30H42N4O5S. The van der Waals surface area contributed by atoms with Crippen molar-refractivity contribution in [3.05, 3.63) is 54.1 Å². The Balaban J connectivity index is 1.35. The van der Waals surface area contributed by atoms with Crippen molar-refractivity contribution in [3.63, 3.8) is 0 Å². The number of rotatable bonds is 11. The molecule has 218 valence electrons. The van der Waals surface area contributed by atoms with E-state index in [9.17, 15) is 18.0 Å². The van der Waals surface area contributed by atoms with E-state index in [1.807, 2.05) is 29.2 Å². The Morgan fingerprint density at radius 2 is 1.62 bits per heavy atom. The van der Waals surface area contributed by atoms with Gasteiger partial charge in [0.15, 0.2) is 0 Å². The van der Waals surface area contributed by atoms with Gasteiger partial charge in [0.05, 0.1) is 6.26 Å². The van der Waals surface area contributed by atoms with Crippen LogP contribution in [0.4, 0.5) is 5.69 Å². The number of likely N-dealkylation sites (tertiary alicyclic amines) is 1. The molecule has 10 heteroatoms. The molecule has 2 N–H and O–H groups in total. The largest absolute Gasteiger partial charge is 0.457 e. The summed E-state index contributed by atoms with van der Waals surface area (Å²) < 4.78 is 31.1. The standard InChI is InChI=1S/C30H42N4O5S/c1-5-6-17-34-28(35)27(20-22(2)3)31-29(36)30(34)15-18-33(19-16-30)21-23-7-11-25(12-8-23)39-26-13-9-24(10-14-26)32-40(4,37)38/h7-14,22,27,32H,5-6,15-21H2,1-4H3,(H,31,36)/t27-/m0/s1. The number of piperazine rings is 1. The highest BCUT2D eigenvalue weighted by molar-refractivity contribution is 7.92. The average Bonchev–Trinajstić information content (AvgIpc) is 2.90. The quantitative estimate of drug-likeness (QED) is 0.416. The number of nitrogens with zero attached hydrogens (tertiary/aromatic N) is 2. The summed E-state index contributed by atoms with van der Waals surface area (Å²) >= 11 is 0. The molecule has 2 aliphatic rings. The van der Waals surface area contributed by atoms with Gasteiger partial charge in [-0.1, -0.05) is 39.3 Å². The van der Waals surface area contributed by atoms with E-state index in [1.54, 1.807) is 24.3 Å². The molecule has 2 aliphatic heterocycles. The van der Waals surface area contributed by atoms with Gasteiger partial charge in [0.1, 0.15) is 23.1 Å². The Kier molecular flexibility index (Phi) is 9.41. The monoisotopic (exact) mass is 570 g/mol. The lowest BCUT2D eigenvalue weighted by Gasteiger charge is -2.52. The number of hydrogen-bond donors (Lipinski definition) is 2. The van der Waals surface area contributed by atoms with Gasteiger partial charge < -0.3 is 15.0 Å². The molecule has 0 saturated carbocycles. The van der Waals surface area contributed by atoms with E-state index in [4.69, 9.17) is 4.74 Å². The zero-order valence-corrected chi connectivity index (χ0v) is 24.8. The molecule has 40 heavy (non-hydrogen) atoms. The van der Waals surface area contributed by atoms with Crippen LogP contribution in [0.3, 0.4) is 0 Å². The van der Waals surface area contributed by atoms with E-state index in [1.165, 1.54) is 0 Å². The van der Waals surface area contributed by atoms with Gasteiger partial charge in [-0.25, -0.2) is 8.42 Å². The number of hydrogen-bond acceptors (Lipinski definition) is 6. The van der Waals surface area contributed by atoms with Gasteiger partial charge >= 0.3 is 0 Å². The molecule has 4 rings (SSSR count). The maximum absolute atomic E-state index is 13.5. The Morgan fingerprint density at radius 3 is 2.17 bits per heavy atom. The first-order chi connectivity index (χ1) is 19.0. The molecule has 1 spiro atoms. The Labute approximate surface area is 238 Å². The lowest BCUT2D eigenvalue weighted by molar-refractivity contribution is -0.161. The van der Waals surface area contributed by atoms with E-state index in [0.717, 1.165) is 44.3 Å². The Hall–Kier alpha value is -3.11. The van der Waals surface area contributed by atoms with Crippen molar-refractivity contribution in [1.82, 2.24) is 15.1 Å². The fourth-order valence-corrected chi connectivity index (χ4v) is 6.15. The van der Waals surface area contributed by atoms with Crippen molar-refractivity contribution in [3.8, 4) is 11.5 Å². The molecule has 2 fully saturated rings. The van der Waals surface area contributed by atoms with Gasteiger partial charge in [0.25, 0.3) is 0 Å². The minimum absolute atomic E-state index is 0.00939. The summed E-state index contributed by atoms with van der Waals surface area (Å²) in [6.45, 7) is 9.14. The van der Waals surface area contributed by atoms with Crippen LogP contribution in [-0.4, -0.2) is 67.5 Å². The third-order valence-corrected chi connectivity index (χ3v) is 8.26. The maximum Gasteiger partial charge on any atom is 0.246 e. The van der Waals surface area contributed by atoms with Gasteiger partial charge in [-0.15, -0.1) is 0 Å². The minimum Gasteiger partial charge on any atom is -0.457 e. The Bertz CT molecular complexity index is 1270. The summed E-state index contributed by atoms with van der Waals surface area (Å²) in [5.74, 6) is 1.71. The maximum atomic E-state index is 13.5. The molecule has 2 heterocycles. The van der Waals surface area contributed by atoms with Gasteiger partial charge in [-0.3, -0.25) is 19.2 Å². The normalized spacial score (nSPS) is 19.6. The van der Waals surface area contributed by atoms with E-state index < -0.39 is 21.6 Å². The molecule has 0 bridgehead atoms. The first-order valence-electron chi connectivity index (χ1n) is 14.2. The molecule has 2 aromatic rings. The topological polar surface area (TPSA) is 108 Å². The van der Waals surface area contributed by atoms with Crippen molar-refractivity contribution in [2.75, 3.05) is 30.6 Å².